The normalized spacial score (nSPS) is 17.4. The van der Waals surface area contributed by atoms with Crippen molar-refractivity contribution in [2.24, 2.45) is 11.7 Å². The Kier molecular flexibility index (Phi) is 6.05. The van der Waals surface area contributed by atoms with Gasteiger partial charge in [-0.2, -0.15) is 0 Å². The first-order valence-electron chi connectivity index (χ1n) is 7.89. The number of primary amides is 1. The summed E-state index contributed by atoms with van der Waals surface area (Å²) < 4.78 is 5.87. The van der Waals surface area contributed by atoms with Crippen molar-refractivity contribution >= 4 is 5.91 Å². The summed E-state index contributed by atoms with van der Waals surface area (Å²) in [5, 5.41) is 3.09. The van der Waals surface area contributed by atoms with E-state index < -0.39 is 0 Å². The SMILES string of the molecule is C[C@@H](NCc1ccc(OCC2CCCCC2)cc1)C(N)=O. The predicted molar refractivity (Wildman–Crippen MR) is 84.0 cm³/mol. The number of carbonyl (C=O) groups is 1. The standard InChI is InChI=1S/C17H26N2O2/c1-13(17(18)20)19-11-14-7-9-16(10-8-14)21-12-15-5-3-2-4-6-15/h7-10,13,15,19H,2-6,11-12H2,1H3,(H2,18,20)/t13-/m1/s1. The van der Waals surface area contributed by atoms with E-state index in [1.807, 2.05) is 24.3 Å². The molecule has 0 aliphatic heterocycles. The smallest absolute Gasteiger partial charge is 0.234 e. The molecule has 0 saturated heterocycles. The molecule has 0 radical (unpaired) electrons. The maximum absolute atomic E-state index is 10.9. The van der Waals surface area contributed by atoms with Crippen molar-refractivity contribution in [1.29, 1.82) is 0 Å². The van der Waals surface area contributed by atoms with Gasteiger partial charge in [0.15, 0.2) is 0 Å². The average Bonchev–Trinajstić information content (AvgIpc) is 2.52. The lowest BCUT2D eigenvalue weighted by atomic mass is 9.90. The molecule has 1 aromatic carbocycles. The molecule has 1 saturated carbocycles. The Hall–Kier alpha value is -1.55. The van der Waals surface area contributed by atoms with Crippen molar-refractivity contribution in [3.63, 3.8) is 0 Å². The van der Waals surface area contributed by atoms with Crippen LogP contribution >= 0.6 is 0 Å². The molecule has 0 spiro atoms. The number of benzene rings is 1. The maximum Gasteiger partial charge on any atom is 0.234 e. The summed E-state index contributed by atoms with van der Waals surface area (Å²) in [7, 11) is 0. The molecule has 0 heterocycles. The lowest BCUT2D eigenvalue weighted by Gasteiger charge is -2.21. The zero-order valence-electron chi connectivity index (χ0n) is 12.8. The predicted octanol–water partition coefficient (Wildman–Crippen LogP) is 2.61. The van der Waals surface area contributed by atoms with E-state index in [9.17, 15) is 4.79 Å². The van der Waals surface area contributed by atoms with Crippen LogP contribution in [0.5, 0.6) is 5.75 Å². The highest BCUT2D eigenvalue weighted by atomic mass is 16.5. The first kappa shape index (κ1) is 15.8. The molecular formula is C17H26N2O2. The van der Waals surface area contributed by atoms with Crippen molar-refractivity contribution in [3.8, 4) is 5.75 Å². The summed E-state index contributed by atoms with van der Waals surface area (Å²) in [4.78, 5) is 10.9. The minimum absolute atomic E-state index is 0.313. The van der Waals surface area contributed by atoms with Crippen LogP contribution in [-0.4, -0.2) is 18.6 Å². The molecule has 4 heteroatoms. The number of amides is 1. The molecule has 2 rings (SSSR count). The summed E-state index contributed by atoms with van der Waals surface area (Å²) in [6, 6.07) is 7.73. The van der Waals surface area contributed by atoms with E-state index in [1.165, 1.54) is 32.1 Å². The van der Waals surface area contributed by atoms with Crippen LogP contribution in [-0.2, 0) is 11.3 Å². The van der Waals surface area contributed by atoms with Crippen LogP contribution in [0.1, 0.15) is 44.6 Å². The highest BCUT2D eigenvalue weighted by Crippen LogP contribution is 2.24. The highest BCUT2D eigenvalue weighted by molar-refractivity contribution is 5.79. The molecule has 1 amide bonds. The van der Waals surface area contributed by atoms with Crippen LogP contribution in [0.4, 0.5) is 0 Å². The molecule has 0 aromatic heterocycles. The van der Waals surface area contributed by atoms with E-state index in [-0.39, 0.29) is 11.9 Å². The molecule has 21 heavy (non-hydrogen) atoms. The van der Waals surface area contributed by atoms with Crippen molar-refractivity contribution in [2.75, 3.05) is 6.61 Å². The number of nitrogens with two attached hydrogens (primary N) is 1. The van der Waals surface area contributed by atoms with Gasteiger partial charge in [0.05, 0.1) is 12.6 Å². The summed E-state index contributed by atoms with van der Waals surface area (Å²) in [6.07, 6.45) is 6.66. The second-order valence-corrected chi connectivity index (χ2v) is 5.96. The van der Waals surface area contributed by atoms with Gasteiger partial charge in [0.25, 0.3) is 0 Å². The third-order valence-corrected chi connectivity index (χ3v) is 4.17. The van der Waals surface area contributed by atoms with Gasteiger partial charge in [-0.1, -0.05) is 31.4 Å². The van der Waals surface area contributed by atoms with Crippen LogP contribution < -0.4 is 15.8 Å². The Morgan fingerprint density at radius 2 is 1.95 bits per heavy atom. The van der Waals surface area contributed by atoms with Crippen LogP contribution in [0, 0.1) is 5.92 Å². The molecule has 1 atom stereocenters. The fraction of sp³-hybridized carbons (Fsp3) is 0.588. The number of carbonyl (C=O) groups excluding carboxylic acids is 1. The van der Waals surface area contributed by atoms with Gasteiger partial charge in [0.2, 0.25) is 5.91 Å². The van der Waals surface area contributed by atoms with Crippen molar-refractivity contribution in [1.82, 2.24) is 5.32 Å². The van der Waals surface area contributed by atoms with Gasteiger partial charge in [-0.05, 0) is 43.4 Å². The van der Waals surface area contributed by atoms with Crippen molar-refractivity contribution in [3.05, 3.63) is 29.8 Å². The molecular weight excluding hydrogens is 264 g/mol. The molecule has 0 bridgehead atoms. The van der Waals surface area contributed by atoms with Crippen molar-refractivity contribution in [2.45, 2.75) is 51.6 Å². The largest absolute Gasteiger partial charge is 0.493 e. The van der Waals surface area contributed by atoms with Gasteiger partial charge in [-0.15, -0.1) is 0 Å². The fourth-order valence-electron chi connectivity index (χ4n) is 2.64. The summed E-state index contributed by atoms with van der Waals surface area (Å²) in [5.74, 6) is 1.31. The first-order valence-corrected chi connectivity index (χ1v) is 7.89. The molecule has 0 unspecified atom stereocenters. The minimum Gasteiger partial charge on any atom is -0.493 e. The van der Waals surface area contributed by atoms with E-state index in [0.717, 1.165) is 23.8 Å². The molecule has 1 aromatic rings. The Bertz CT molecular complexity index is 439. The second kappa shape index (κ2) is 8.03. The average molecular weight is 290 g/mol. The maximum atomic E-state index is 10.9. The van der Waals surface area contributed by atoms with Gasteiger partial charge in [0.1, 0.15) is 5.75 Å². The third-order valence-electron chi connectivity index (χ3n) is 4.17. The number of hydrogen-bond donors (Lipinski definition) is 2. The van der Waals surface area contributed by atoms with E-state index in [4.69, 9.17) is 10.5 Å². The summed E-state index contributed by atoms with van der Waals surface area (Å²) in [5.41, 5.74) is 6.33. The number of hydrogen-bond acceptors (Lipinski definition) is 3. The summed E-state index contributed by atoms with van der Waals surface area (Å²) >= 11 is 0. The number of ether oxygens (including phenoxy) is 1. The minimum atomic E-state index is -0.331. The van der Waals surface area contributed by atoms with Gasteiger partial charge in [-0.25, -0.2) is 0 Å². The van der Waals surface area contributed by atoms with Crippen LogP contribution in [0.2, 0.25) is 0 Å². The Morgan fingerprint density at radius 3 is 2.57 bits per heavy atom. The van der Waals surface area contributed by atoms with Crippen molar-refractivity contribution < 1.29 is 9.53 Å². The molecule has 1 fully saturated rings. The van der Waals surface area contributed by atoms with E-state index in [1.54, 1.807) is 6.92 Å². The monoisotopic (exact) mass is 290 g/mol. The quantitative estimate of drug-likeness (QED) is 0.811. The second-order valence-electron chi connectivity index (χ2n) is 5.96. The van der Waals surface area contributed by atoms with Crippen LogP contribution in [0.15, 0.2) is 24.3 Å². The number of nitrogens with one attached hydrogen (secondary N) is 1. The fourth-order valence-corrected chi connectivity index (χ4v) is 2.64. The molecule has 3 N–H and O–H groups in total. The van der Waals surface area contributed by atoms with E-state index >= 15 is 0 Å². The summed E-state index contributed by atoms with van der Waals surface area (Å²) in [6.45, 7) is 3.23. The molecule has 1 aliphatic rings. The van der Waals surface area contributed by atoms with Crippen LogP contribution in [0.25, 0.3) is 0 Å². The molecule has 116 valence electrons. The van der Waals surface area contributed by atoms with Crippen LogP contribution in [0.3, 0.4) is 0 Å². The lowest BCUT2D eigenvalue weighted by molar-refractivity contribution is -0.119. The Balaban J connectivity index is 1.74. The van der Waals surface area contributed by atoms with Gasteiger partial charge < -0.3 is 15.8 Å². The number of rotatable bonds is 7. The van der Waals surface area contributed by atoms with Gasteiger partial charge in [0, 0.05) is 6.54 Å². The third kappa shape index (κ3) is 5.38. The topological polar surface area (TPSA) is 64.3 Å². The van der Waals surface area contributed by atoms with E-state index in [0.29, 0.717) is 6.54 Å². The van der Waals surface area contributed by atoms with E-state index in [2.05, 4.69) is 5.32 Å². The van der Waals surface area contributed by atoms with Gasteiger partial charge in [-0.3, -0.25) is 4.79 Å². The zero-order chi connectivity index (χ0) is 15.1. The molecule has 1 aliphatic carbocycles. The lowest BCUT2D eigenvalue weighted by Crippen LogP contribution is -2.38. The molecule has 4 nitrogen and oxygen atoms in total. The first-order chi connectivity index (χ1) is 10.1. The Morgan fingerprint density at radius 1 is 1.29 bits per heavy atom. The highest BCUT2D eigenvalue weighted by Gasteiger charge is 2.13. The Labute approximate surface area is 127 Å². The van der Waals surface area contributed by atoms with Gasteiger partial charge >= 0.3 is 0 Å². The zero-order valence-corrected chi connectivity index (χ0v) is 12.8.